The predicted molar refractivity (Wildman–Crippen MR) is 98.0 cm³/mol. The van der Waals surface area contributed by atoms with Gasteiger partial charge in [0.1, 0.15) is 16.4 Å². The van der Waals surface area contributed by atoms with Crippen LogP contribution < -0.4 is 14.2 Å². The van der Waals surface area contributed by atoms with Gasteiger partial charge in [-0.15, -0.1) is 11.3 Å². The Morgan fingerprint density at radius 3 is 2.84 bits per heavy atom. The van der Waals surface area contributed by atoms with E-state index in [9.17, 15) is 8.42 Å². The Bertz CT molecular complexity index is 833. The van der Waals surface area contributed by atoms with Crippen molar-refractivity contribution in [3.8, 4) is 11.5 Å². The second kappa shape index (κ2) is 7.74. The Kier molecular flexibility index (Phi) is 5.63. The van der Waals surface area contributed by atoms with Crippen molar-refractivity contribution in [2.45, 2.75) is 17.9 Å². The zero-order chi connectivity index (χ0) is 17.9. The monoisotopic (exact) mass is 382 g/mol. The fourth-order valence-electron chi connectivity index (χ4n) is 2.91. The summed E-state index contributed by atoms with van der Waals surface area (Å²) in [6.45, 7) is 2.85. The third-order valence-electron chi connectivity index (χ3n) is 4.27. The van der Waals surface area contributed by atoms with Crippen LogP contribution in [0, 0.1) is 0 Å². The quantitative estimate of drug-likeness (QED) is 0.794. The molecule has 0 fully saturated rings. The van der Waals surface area contributed by atoms with E-state index in [1.807, 2.05) is 0 Å². The number of hydrogen-bond acceptors (Lipinski definition) is 6. The number of thiophene rings is 1. The van der Waals surface area contributed by atoms with Crippen molar-refractivity contribution >= 4 is 21.4 Å². The van der Waals surface area contributed by atoms with Gasteiger partial charge in [0.05, 0.1) is 14.2 Å². The van der Waals surface area contributed by atoms with E-state index in [4.69, 9.17) is 9.47 Å². The fourth-order valence-corrected chi connectivity index (χ4v) is 5.00. The third-order valence-corrected chi connectivity index (χ3v) is 6.77. The molecule has 1 N–H and O–H groups in total. The standard InChI is InChI=1S/C17H22N2O4S2/c1-22-14-3-4-15(23-2)17(11-14)25(20,21)18-7-9-19-8-5-16-13(12-19)6-10-24-16/h3-4,6,10-11,18H,5,7-9,12H2,1-2H3. The summed E-state index contributed by atoms with van der Waals surface area (Å²) in [5, 5.41) is 2.12. The molecule has 0 bridgehead atoms. The van der Waals surface area contributed by atoms with E-state index in [0.717, 1.165) is 19.5 Å². The number of sulfonamides is 1. The molecule has 25 heavy (non-hydrogen) atoms. The maximum Gasteiger partial charge on any atom is 0.244 e. The summed E-state index contributed by atoms with van der Waals surface area (Å²) < 4.78 is 38.2. The number of ether oxygens (including phenoxy) is 2. The van der Waals surface area contributed by atoms with Gasteiger partial charge in [-0.3, -0.25) is 4.90 Å². The van der Waals surface area contributed by atoms with Crippen LogP contribution in [0.2, 0.25) is 0 Å². The maximum absolute atomic E-state index is 12.6. The molecule has 1 aromatic heterocycles. The lowest BCUT2D eigenvalue weighted by Crippen LogP contribution is -2.37. The molecule has 8 heteroatoms. The van der Waals surface area contributed by atoms with Gasteiger partial charge in [0.2, 0.25) is 10.0 Å². The third kappa shape index (κ3) is 4.14. The van der Waals surface area contributed by atoms with Crippen LogP contribution in [0.1, 0.15) is 10.4 Å². The Hall–Kier alpha value is -1.61. The molecular formula is C17H22N2O4S2. The molecule has 2 heterocycles. The van der Waals surface area contributed by atoms with Crippen LogP contribution in [0.3, 0.4) is 0 Å². The number of benzene rings is 1. The molecule has 1 aromatic carbocycles. The average Bonchev–Trinajstić information content (AvgIpc) is 3.08. The van der Waals surface area contributed by atoms with Crippen LogP contribution in [-0.4, -0.2) is 47.2 Å². The number of nitrogens with zero attached hydrogens (tertiary/aromatic N) is 1. The maximum atomic E-state index is 12.6. The molecule has 2 aromatic rings. The van der Waals surface area contributed by atoms with Crippen molar-refractivity contribution in [1.82, 2.24) is 9.62 Å². The highest BCUT2D eigenvalue weighted by molar-refractivity contribution is 7.89. The first kappa shape index (κ1) is 18.2. The van der Waals surface area contributed by atoms with Crippen LogP contribution in [0.25, 0.3) is 0 Å². The Balaban J connectivity index is 1.63. The van der Waals surface area contributed by atoms with E-state index in [1.165, 1.54) is 30.7 Å². The highest BCUT2D eigenvalue weighted by atomic mass is 32.2. The van der Waals surface area contributed by atoms with Gasteiger partial charge in [0, 0.05) is 37.1 Å². The van der Waals surface area contributed by atoms with Crippen LogP contribution in [0.15, 0.2) is 34.5 Å². The van der Waals surface area contributed by atoms with E-state index >= 15 is 0 Å². The molecule has 0 amide bonds. The van der Waals surface area contributed by atoms with E-state index in [1.54, 1.807) is 23.5 Å². The van der Waals surface area contributed by atoms with E-state index in [0.29, 0.717) is 24.6 Å². The number of hydrogen-bond donors (Lipinski definition) is 1. The van der Waals surface area contributed by atoms with Gasteiger partial charge in [-0.05, 0) is 35.6 Å². The molecule has 1 aliphatic rings. The van der Waals surface area contributed by atoms with Gasteiger partial charge in [-0.2, -0.15) is 0 Å². The summed E-state index contributed by atoms with van der Waals surface area (Å²) in [6.07, 6.45) is 1.03. The number of nitrogens with one attached hydrogen (secondary N) is 1. The lowest BCUT2D eigenvalue weighted by molar-refractivity contribution is 0.260. The molecule has 0 saturated carbocycles. The predicted octanol–water partition coefficient (Wildman–Crippen LogP) is 2.10. The molecule has 0 aliphatic carbocycles. The van der Waals surface area contributed by atoms with E-state index < -0.39 is 10.0 Å². The van der Waals surface area contributed by atoms with Crippen LogP contribution in [-0.2, 0) is 23.0 Å². The van der Waals surface area contributed by atoms with Gasteiger partial charge in [-0.25, -0.2) is 13.1 Å². The van der Waals surface area contributed by atoms with Crippen molar-refractivity contribution < 1.29 is 17.9 Å². The molecule has 1 aliphatic heterocycles. The number of methoxy groups -OCH3 is 2. The molecular weight excluding hydrogens is 360 g/mol. The van der Waals surface area contributed by atoms with Gasteiger partial charge < -0.3 is 9.47 Å². The second-order valence-corrected chi connectivity index (χ2v) is 8.55. The number of rotatable bonds is 7. The SMILES string of the molecule is COc1ccc(OC)c(S(=O)(=O)NCCN2CCc3sccc3C2)c1. The smallest absolute Gasteiger partial charge is 0.244 e. The zero-order valence-corrected chi connectivity index (χ0v) is 16.0. The molecule has 0 radical (unpaired) electrons. The molecule has 136 valence electrons. The summed E-state index contributed by atoms with van der Waals surface area (Å²) in [5.41, 5.74) is 1.36. The van der Waals surface area contributed by atoms with Crippen molar-refractivity contribution in [2.24, 2.45) is 0 Å². The zero-order valence-electron chi connectivity index (χ0n) is 14.3. The molecule has 6 nitrogen and oxygen atoms in total. The first-order valence-corrected chi connectivity index (χ1v) is 10.4. The topological polar surface area (TPSA) is 67.9 Å². The van der Waals surface area contributed by atoms with Crippen molar-refractivity contribution in [3.05, 3.63) is 40.1 Å². The summed E-state index contributed by atoms with van der Waals surface area (Å²) in [5.74, 6) is 0.774. The van der Waals surface area contributed by atoms with Gasteiger partial charge in [-0.1, -0.05) is 0 Å². The second-order valence-electron chi connectivity index (χ2n) is 5.81. The minimum absolute atomic E-state index is 0.0908. The first-order valence-electron chi connectivity index (χ1n) is 8.03. The summed E-state index contributed by atoms with van der Waals surface area (Å²) >= 11 is 1.80. The van der Waals surface area contributed by atoms with Gasteiger partial charge >= 0.3 is 0 Å². The first-order chi connectivity index (χ1) is 12.0. The lowest BCUT2D eigenvalue weighted by Gasteiger charge is -2.26. The summed E-state index contributed by atoms with van der Waals surface area (Å²) in [6, 6.07) is 6.89. The highest BCUT2D eigenvalue weighted by Crippen LogP contribution is 2.28. The molecule has 3 rings (SSSR count). The van der Waals surface area contributed by atoms with Crippen LogP contribution in [0.5, 0.6) is 11.5 Å². The van der Waals surface area contributed by atoms with E-state index in [-0.39, 0.29) is 4.90 Å². The summed E-state index contributed by atoms with van der Waals surface area (Å²) in [4.78, 5) is 3.80. The molecule has 0 atom stereocenters. The highest BCUT2D eigenvalue weighted by Gasteiger charge is 2.21. The van der Waals surface area contributed by atoms with Crippen LogP contribution >= 0.6 is 11.3 Å². The number of fused-ring (bicyclic) bond motifs is 1. The average molecular weight is 383 g/mol. The molecule has 0 spiro atoms. The normalized spacial score (nSPS) is 15.0. The fraction of sp³-hybridized carbons (Fsp3) is 0.412. The van der Waals surface area contributed by atoms with Crippen molar-refractivity contribution in [1.29, 1.82) is 0 Å². The van der Waals surface area contributed by atoms with Crippen molar-refractivity contribution in [3.63, 3.8) is 0 Å². The lowest BCUT2D eigenvalue weighted by atomic mass is 10.1. The van der Waals surface area contributed by atoms with Gasteiger partial charge in [0.25, 0.3) is 0 Å². The Morgan fingerprint density at radius 1 is 1.24 bits per heavy atom. The van der Waals surface area contributed by atoms with E-state index in [2.05, 4.69) is 21.1 Å². The molecule has 0 unspecified atom stereocenters. The van der Waals surface area contributed by atoms with Crippen LogP contribution in [0.4, 0.5) is 0 Å². The minimum Gasteiger partial charge on any atom is -0.497 e. The minimum atomic E-state index is -3.67. The Labute approximate surface area is 152 Å². The summed E-state index contributed by atoms with van der Waals surface area (Å²) in [7, 11) is -0.714. The van der Waals surface area contributed by atoms with Gasteiger partial charge in [0.15, 0.2) is 0 Å². The largest absolute Gasteiger partial charge is 0.497 e. The Morgan fingerprint density at radius 2 is 2.08 bits per heavy atom. The molecule has 0 saturated heterocycles. The van der Waals surface area contributed by atoms with Crippen molar-refractivity contribution in [2.75, 3.05) is 33.9 Å².